The first-order valence-electron chi connectivity index (χ1n) is 6.24. The standard InChI is InChI=1S/C13H20N2O2/c16-7-4-11-2-1-6-15(9-11)13-3-5-14-8-12(13)10-17/h3,5,8,11,16-17H,1-2,4,6-7,9-10H2. The van der Waals surface area contributed by atoms with Gasteiger partial charge in [0.1, 0.15) is 0 Å². The molecule has 94 valence electrons. The monoisotopic (exact) mass is 236 g/mol. The number of aliphatic hydroxyl groups is 2. The van der Waals surface area contributed by atoms with Crippen LogP contribution in [0.2, 0.25) is 0 Å². The summed E-state index contributed by atoms with van der Waals surface area (Å²) in [4.78, 5) is 6.34. The Labute approximate surface area is 102 Å². The van der Waals surface area contributed by atoms with E-state index in [2.05, 4.69) is 9.88 Å². The molecule has 1 aromatic heterocycles. The van der Waals surface area contributed by atoms with Gasteiger partial charge < -0.3 is 15.1 Å². The van der Waals surface area contributed by atoms with Crippen molar-refractivity contribution in [2.45, 2.75) is 25.9 Å². The Balaban J connectivity index is 2.10. The van der Waals surface area contributed by atoms with Crippen LogP contribution >= 0.6 is 0 Å². The number of piperidine rings is 1. The molecule has 0 aliphatic carbocycles. The molecule has 1 unspecified atom stereocenters. The highest BCUT2D eigenvalue weighted by atomic mass is 16.3. The molecule has 4 nitrogen and oxygen atoms in total. The van der Waals surface area contributed by atoms with Crippen LogP contribution in [-0.4, -0.2) is 34.9 Å². The lowest BCUT2D eigenvalue weighted by molar-refractivity contribution is 0.243. The Morgan fingerprint density at radius 1 is 1.41 bits per heavy atom. The summed E-state index contributed by atoms with van der Waals surface area (Å²) in [5.41, 5.74) is 1.97. The molecule has 1 aliphatic heterocycles. The zero-order valence-corrected chi connectivity index (χ0v) is 10.0. The highest BCUT2D eigenvalue weighted by Gasteiger charge is 2.21. The van der Waals surface area contributed by atoms with Crippen LogP contribution in [0.3, 0.4) is 0 Å². The number of hydrogen-bond donors (Lipinski definition) is 2. The Bertz CT molecular complexity index is 355. The number of hydrogen-bond acceptors (Lipinski definition) is 4. The van der Waals surface area contributed by atoms with Crippen molar-refractivity contribution in [1.82, 2.24) is 4.98 Å². The van der Waals surface area contributed by atoms with Crippen molar-refractivity contribution in [1.29, 1.82) is 0 Å². The molecule has 1 saturated heterocycles. The van der Waals surface area contributed by atoms with Gasteiger partial charge in [0, 0.05) is 43.3 Å². The van der Waals surface area contributed by atoms with Crippen LogP contribution in [-0.2, 0) is 6.61 Å². The van der Waals surface area contributed by atoms with Crippen molar-refractivity contribution >= 4 is 5.69 Å². The Morgan fingerprint density at radius 2 is 2.29 bits per heavy atom. The summed E-state index contributed by atoms with van der Waals surface area (Å²) in [5, 5.41) is 18.3. The minimum Gasteiger partial charge on any atom is -0.396 e. The van der Waals surface area contributed by atoms with Crippen molar-refractivity contribution in [2.24, 2.45) is 5.92 Å². The molecule has 0 saturated carbocycles. The molecule has 2 heterocycles. The van der Waals surface area contributed by atoms with Gasteiger partial charge in [-0.2, -0.15) is 0 Å². The molecule has 2 rings (SSSR count). The molecule has 0 spiro atoms. The average molecular weight is 236 g/mol. The van der Waals surface area contributed by atoms with Crippen molar-refractivity contribution in [3.63, 3.8) is 0 Å². The summed E-state index contributed by atoms with van der Waals surface area (Å²) in [6, 6.07) is 1.97. The smallest absolute Gasteiger partial charge is 0.0717 e. The maximum atomic E-state index is 9.31. The lowest BCUT2D eigenvalue weighted by Crippen LogP contribution is -2.36. The van der Waals surface area contributed by atoms with Gasteiger partial charge in [-0.1, -0.05) is 0 Å². The fraction of sp³-hybridized carbons (Fsp3) is 0.615. The zero-order chi connectivity index (χ0) is 12.1. The van der Waals surface area contributed by atoms with E-state index in [9.17, 15) is 5.11 Å². The van der Waals surface area contributed by atoms with Crippen molar-refractivity contribution in [3.05, 3.63) is 24.0 Å². The molecule has 0 aromatic carbocycles. The fourth-order valence-electron chi connectivity index (χ4n) is 2.55. The summed E-state index contributed by atoms with van der Waals surface area (Å²) in [7, 11) is 0. The highest BCUT2D eigenvalue weighted by molar-refractivity contribution is 5.52. The molecule has 1 aromatic rings. The Morgan fingerprint density at radius 3 is 3.06 bits per heavy atom. The number of pyridine rings is 1. The third-order valence-electron chi connectivity index (χ3n) is 3.45. The second-order valence-electron chi connectivity index (χ2n) is 4.63. The molecular weight excluding hydrogens is 216 g/mol. The summed E-state index contributed by atoms with van der Waals surface area (Å²) in [5.74, 6) is 0.563. The van der Waals surface area contributed by atoms with Gasteiger partial charge in [-0.3, -0.25) is 4.98 Å². The fourth-order valence-corrected chi connectivity index (χ4v) is 2.55. The molecule has 0 radical (unpaired) electrons. The lowest BCUT2D eigenvalue weighted by Gasteiger charge is -2.35. The first-order chi connectivity index (χ1) is 8.35. The molecule has 4 heteroatoms. The van der Waals surface area contributed by atoms with Crippen LogP contribution in [0.1, 0.15) is 24.8 Å². The van der Waals surface area contributed by atoms with Crippen LogP contribution in [0.4, 0.5) is 5.69 Å². The summed E-state index contributed by atoms with van der Waals surface area (Å²) >= 11 is 0. The van der Waals surface area contributed by atoms with Gasteiger partial charge >= 0.3 is 0 Å². The number of aliphatic hydroxyl groups excluding tert-OH is 2. The van der Waals surface area contributed by atoms with E-state index in [1.807, 2.05) is 6.07 Å². The molecule has 0 bridgehead atoms. The minimum absolute atomic E-state index is 0.0321. The van der Waals surface area contributed by atoms with Crippen LogP contribution in [0.5, 0.6) is 0 Å². The van der Waals surface area contributed by atoms with Gasteiger partial charge in [-0.05, 0) is 31.2 Å². The van der Waals surface area contributed by atoms with Gasteiger partial charge in [-0.15, -0.1) is 0 Å². The quantitative estimate of drug-likeness (QED) is 0.824. The second-order valence-corrected chi connectivity index (χ2v) is 4.63. The van der Waals surface area contributed by atoms with Gasteiger partial charge in [-0.25, -0.2) is 0 Å². The van der Waals surface area contributed by atoms with E-state index in [0.29, 0.717) is 5.92 Å². The molecule has 1 aliphatic rings. The van der Waals surface area contributed by atoms with Crippen molar-refractivity contribution < 1.29 is 10.2 Å². The van der Waals surface area contributed by atoms with E-state index in [1.165, 1.54) is 6.42 Å². The highest BCUT2D eigenvalue weighted by Crippen LogP contribution is 2.27. The Kier molecular flexibility index (Phi) is 4.34. The average Bonchev–Trinajstić information content (AvgIpc) is 2.39. The zero-order valence-electron chi connectivity index (χ0n) is 10.0. The third-order valence-corrected chi connectivity index (χ3v) is 3.45. The van der Waals surface area contributed by atoms with Gasteiger partial charge in [0.25, 0.3) is 0 Å². The van der Waals surface area contributed by atoms with E-state index < -0.39 is 0 Å². The molecule has 17 heavy (non-hydrogen) atoms. The summed E-state index contributed by atoms with van der Waals surface area (Å²) in [6.07, 6.45) is 6.71. The van der Waals surface area contributed by atoms with Crippen LogP contribution in [0.25, 0.3) is 0 Å². The number of rotatable bonds is 4. The van der Waals surface area contributed by atoms with Crippen molar-refractivity contribution in [3.8, 4) is 0 Å². The molecule has 1 atom stereocenters. The summed E-state index contributed by atoms with van der Waals surface area (Å²) < 4.78 is 0. The number of aromatic nitrogens is 1. The number of nitrogens with zero attached hydrogens (tertiary/aromatic N) is 2. The number of anilines is 1. The van der Waals surface area contributed by atoms with Crippen molar-refractivity contribution in [2.75, 3.05) is 24.6 Å². The summed E-state index contributed by atoms with van der Waals surface area (Å²) in [6.45, 7) is 2.29. The molecule has 0 amide bonds. The topological polar surface area (TPSA) is 56.6 Å². The molecular formula is C13H20N2O2. The molecule has 1 fully saturated rings. The Hall–Kier alpha value is -1.13. The third kappa shape index (κ3) is 2.96. The second kappa shape index (κ2) is 5.98. The molecule has 2 N–H and O–H groups in total. The van der Waals surface area contributed by atoms with Crippen LogP contribution < -0.4 is 4.90 Å². The largest absolute Gasteiger partial charge is 0.396 e. The van der Waals surface area contributed by atoms with E-state index in [1.54, 1.807) is 12.4 Å². The maximum absolute atomic E-state index is 9.31. The van der Waals surface area contributed by atoms with Gasteiger partial charge in [0.05, 0.1) is 6.61 Å². The predicted molar refractivity (Wildman–Crippen MR) is 66.8 cm³/mol. The van der Waals surface area contributed by atoms with Crippen LogP contribution in [0.15, 0.2) is 18.5 Å². The van der Waals surface area contributed by atoms with Gasteiger partial charge in [0.15, 0.2) is 0 Å². The van der Waals surface area contributed by atoms with E-state index in [4.69, 9.17) is 5.11 Å². The maximum Gasteiger partial charge on any atom is 0.0717 e. The van der Waals surface area contributed by atoms with E-state index in [-0.39, 0.29) is 13.2 Å². The lowest BCUT2D eigenvalue weighted by atomic mass is 9.94. The normalized spacial score (nSPS) is 20.6. The predicted octanol–water partition coefficient (Wildman–Crippen LogP) is 1.17. The first kappa shape index (κ1) is 12.3. The first-order valence-corrected chi connectivity index (χ1v) is 6.24. The van der Waals surface area contributed by atoms with Gasteiger partial charge in [0.2, 0.25) is 0 Å². The minimum atomic E-state index is 0.0321. The SMILES string of the molecule is OCCC1CCCN(c2ccncc2CO)C1. The van der Waals surface area contributed by atoms with E-state index >= 15 is 0 Å². The van der Waals surface area contributed by atoms with Crippen LogP contribution in [0, 0.1) is 5.92 Å². The van der Waals surface area contributed by atoms with E-state index in [0.717, 1.165) is 37.2 Å².